The van der Waals surface area contributed by atoms with E-state index in [9.17, 15) is 19.6 Å². The minimum absolute atomic E-state index is 0.00544. The summed E-state index contributed by atoms with van der Waals surface area (Å²) in [5.74, 6) is -1.29. The molecule has 1 saturated carbocycles. The number of hydrogen-bond acceptors (Lipinski definition) is 6. The molecular weight excluding hydrogens is 513 g/mol. The molecule has 0 radical (unpaired) electrons. The van der Waals surface area contributed by atoms with E-state index in [4.69, 9.17) is 9.47 Å². The lowest BCUT2D eigenvalue weighted by atomic mass is 9.91. The van der Waals surface area contributed by atoms with E-state index >= 15 is 4.39 Å². The molecule has 1 aliphatic carbocycles. The molecule has 4 unspecified atom stereocenters. The molecule has 2 amide bonds. The predicted octanol–water partition coefficient (Wildman–Crippen LogP) is 5.24. The van der Waals surface area contributed by atoms with Gasteiger partial charge in [-0.15, -0.1) is 0 Å². The predicted molar refractivity (Wildman–Crippen MR) is 145 cm³/mol. The van der Waals surface area contributed by atoms with Crippen LogP contribution in [0.3, 0.4) is 0 Å². The molecule has 2 aromatic carbocycles. The van der Waals surface area contributed by atoms with Gasteiger partial charge in [-0.3, -0.25) is 9.69 Å². The number of fused-ring (bicyclic) bond motifs is 3. The zero-order valence-electron chi connectivity index (χ0n) is 23.4. The van der Waals surface area contributed by atoms with Gasteiger partial charge in [-0.2, -0.15) is 5.26 Å². The van der Waals surface area contributed by atoms with Crippen molar-refractivity contribution in [1.29, 1.82) is 5.26 Å². The van der Waals surface area contributed by atoms with Gasteiger partial charge in [-0.1, -0.05) is 18.2 Å². The lowest BCUT2D eigenvalue weighted by Crippen LogP contribution is -2.55. The molecule has 5 rings (SSSR count). The van der Waals surface area contributed by atoms with E-state index in [1.165, 1.54) is 11.0 Å². The second-order valence-electron chi connectivity index (χ2n) is 12.4. The van der Waals surface area contributed by atoms with Crippen LogP contribution in [0.4, 0.5) is 9.18 Å². The van der Waals surface area contributed by atoms with Crippen LogP contribution in [0.1, 0.15) is 75.4 Å². The lowest BCUT2D eigenvalue weighted by Gasteiger charge is -2.35. The summed E-state index contributed by atoms with van der Waals surface area (Å²) in [5, 5.41) is 12.5. The third-order valence-electron chi connectivity index (χ3n) is 7.98. The Morgan fingerprint density at radius 1 is 1.20 bits per heavy atom. The molecule has 3 aliphatic rings. The Bertz CT molecular complexity index is 1420. The number of rotatable bonds is 5. The second-order valence-corrected chi connectivity index (χ2v) is 12.4. The maximum absolute atomic E-state index is 15.2. The normalized spacial score (nSPS) is 23.3. The van der Waals surface area contributed by atoms with Gasteiger partial charge in [0.15, 0.2) is 0 Å². The largest absolute Gasteiger partial charge is 0.451 e. The van der Waals surface area contributed by atoms with Crippen molar-refractivity contribution in [3.05, 3.63) is 58.9 Å². The van der Waals surface area contributed by atoms with Gasteiger partial charge in [0, 0.05) is 18.0 Å². The summed E-state index contributed by atoms with van der Waals surface area (Å²) in [4.78, 5) is 39.9. The number of nitrogens with one attached hydrogen (secondary N) is 1. The maximum Gasteiger partial charge on any atom is 0.411 e. The van der Waals surface area contributed by atoms with E-state index < -0.39 is 41.1 Å². The van der Waals surface area contributed by atoms with Crippen molar-refractivity contribution in [3.8, 4) is 17.2 Å². The number of hydrogen-bond donors (Lipinski definition) is 1. The highest BCUT2D eigenvalue weighted by Gasteiger charge is 2.52. The number of benzene rings is 2. The third kappa shape index (κ3) is 5.15. The second kappa shape index (κ2) is 9.92. The first-order valence-electron chi connectivity index (χ1n) is 13.7. The quantitative estimate of drug-likeness (QED) is 0.513. The Morgan fingerprint density at radius 3 is 2.58 bits per heavy atom. The summed E-state index contributed by atoms with van der Waals surface area (Å²) in [6.07, 6.45) is 1.82. The monoisotopic (exact) mass is 547 g/mol. The van der Waals surface area contributed by atoms with E-state index in [1.54, 1.807) is 45.0 Å². The van der Waals surface area contributed by atoms with Crippen LogP contribution in [0.25, 0.3) is 11.1 Å². The summed E-state index contributed by atoms with van der Waals surface area (Å²) in [7, 11) is 0. The van der Waals surface area contributed by atoms with Crippen LogP contribution in [0.2, 0.25) is 0 Å². The molecule has 2 fully saturated rings. The summed E-state index contributed by atoms with van der Waals surface area (Å²) in [6.45, 7) is 8.95. The average molecular weight is 548 g/mol. The Morgan fingerprint density at radius 2 is 1.90 bits per heavy atom. The highest BCUT2D eigenvalue weighted by molar-refractivity contribution is 5.95. The molecule has 2 aromatic rings. The minimum atomic E-state index is -0.976. The van der Waals surface area contributed by atoms with Gasteiger partial charge >= 0.3 is 12.1 Å². The van der Waals surface area contributed by atoms with Gasteiger partial charge in [0.1, 0.15) is 29.1 Å². The number of likely N-dealkylation sites (tertiary alicyclic amines) is 1. The topological polar surface area (TPSA) is 109 Å². The SMILES string of the molecule is CC(C)(C)OC(=O)N1C2CCC(C2)C1C(=O)NC(C#N)Cc1ccc(-c2ccc3c(c2)C(C)(C)OC3=O)cc1F. The fourth-order valence-electron chi connectivity index (χ4n) is 6.14. The van der Waals surface area contributed by atoms with E-state index in [1.807, 2.05) is 19.9 Å². The fraction of sp³-hybridized carbons (Fsp3) is 0.484. The summed E-state index contributed by atoms with van der Waals surface area (Å²) >= 11 is 0. The Kier molecular flexibility index (Phi) is 6.85. The summed E-state index contributed by atoms with van der Waals surface area (Å²) in [5.41, 5.74) is 1.42. The lowest BCUT2D eigenvalue weighted by molar-refractivity contribution is -0.128. The number of esters is 1. The number of amides is 2. The van der Waals surface area contributed by atoms with Crippen molar-refractivity contribution in [2.24, 2.45) is 5.92 Å². The van der Waals surface area contributed by atoms with Crippen molar-refractivity contribution >= 4 is 18.0 Å². The van der Waals surface area contributed by atoms with Crippen molar-refractivity contribution in [2.45, 2.75) is 89.6 Å². The number of nitriles is 1. The van der Waals surface area contributed by atoms with Crippen molar-refractivity contribution in [3.63, 3.8) is 0 Å². The van der Waals surface area contributed by atoms with Gasteiger partial charge in [0.25, 0.3) is 0 Å². The number of cyclic esters (lactones) is 1. The number of carbonyl (C=O) groups is 3. The first-order valence-corrected chi connectivity index (χ1v) is 13.7. The van der Waals surface area contributed by atoms with E-state index in [0.717, 1.165) is 30.4 Å². The molecule has 1 saturated heterocycles. The van der Waals surface area contributed by atoms with Crippen LogP contribution in [-0.4, -0.2) is 46.6 Å². The van der Waals surface area contributed by atoms with Gasteiger partial charge in [-0.25, -0.2) is 14.0 Å². The number of carbonyl (C=O) groups excluding carboxylic acids is 3. The molecule has 8 nitrogen and oxygen atoms in total. The van der Waals surface area contributed by atoms with Crippen molar-refractivity contribution in [1.82, 2.24) is 10.2 Å². The zero-order valence-corrected chi connectivity index (χ0v) is 23.4. The molecule has 40 heavy (non-hydrogen) atoms. The van der Waals surface area contributed by atoms with Crippen molar-refractivity contribution in [2.75, 3.05) is 0 Å². The smallest absolute Gasteiger partial charge is 0.411 e. The maximum atomic E-state index is 15.2. The molecule has 210 valence electrons. The molecule has 0 aromatic heterocycles. The summed E-state index contributed by atoms with van der Waals surface area (Å²) in [6, 6.07) is 10.3. The third-order valence-corrected chi connectivity index (χ3v) is 7.98. The van der Waals surface area contributed by atoms with Crippen LogP contribution in [0.5, 0.6) is 0 Å². The standard InChI is InChI=1S/C31H34FN3O5/c1-30(2,3)40-29(38)35-22-10-8-20(13-22)26(35)27(36)34-21(16-33)12-19-7-6-18(15-25(19)32)17-9-11-23-24(14-17)31(4,5)39-28(23)37/h6-7,9,11,14-15,20-22,26H,8,10,12-13H2,1-5H3,(H,34,36). The number of ether oxygens (including phenoxy) is 2. The zero-order chi connectivity index (χ0) is 29.0. The number of piperidine rings is 1. The van der Waals surface area contributed by atoms with Gasteiger partial charge < -0.3 is 14.8 Å². The van der Waals surface area contributed by atoms with E-state index in [0.29, 0.717) is 11.1 Å². The van der Waals surface area contributed by atoms with Gasteiger partial charge in [-0.05, 0) is 94.7 Å². The molecule has 1 N–H and O–H groups in total. The van der Waals surface area contributed by atoms with Crippen LogP contribution >= 0.6 is 0 Å². The fourth-order valence-corrected chi connectivity index (χ4v) is 6.14. The first kappa shape index (κ1) is 27.6. The minimum Gasteiger partial charge on any atom is -0.451 e. The van der Waals surface area contributed by atoms with Gasteiger partial charge in [0.2, 0.25) is 5.91 Å². The van der Waals surface area contributed by atoms with Crippen LogP contribution in [0.15, 0.2) is 36.4 Å². The Balaban J connectivity index is 1.29. The van der Waals surface area contributed by atoms with E-state index in [2.05, 4.69) is 11.4 Å². The van der Waals surface area contributed by atoms with E-state index in [-0.39, 0.29) is 29.9 Å². The first-order chi connectivity index (χ1) is 18.8. The van der Waals surface area contributed by atoms with Crippen LogP contribution in [0, 0.1) is 23.1 Å². The average Bonchev–Trinajstić information content (AvgIpc) is 3.55. The molecule has 2 bridgehead atoms. The molecule has 2 aliphatic heterocycles. The highest BCUT2D eigenvalue weighted by atomic mass is 19.1. The van der Waals surface area contributed by atoms with Crippen LogP contribution < -0.4 is 5.32 Å². The molecule has 2 heterocycles. The molecule has 0 spiro atoms. The Hall–Kier alpha value is -3.93. The van der Waals surface area contributed by atoms with Crippen LogP contribution in [-0.2, 0) is 26.3 Å². The summed E-state index contributed by atoms with van der Waals surface area (Å²) < 4.78 is 26.2. The number of halogens is 1. The van der Waals surface area contributed by atoms with Gasteiger partial charge in [0.05, 0.1) is 11.6 Å². The molecular formula is C31H34FN3O5. The highest BCUT2D eigenvalue weighted by Crippen LogP contribution is 2.43. The molecule has 9 heteroatoms. The number of nitrogens with zero attached hydrogens (tertiary/aromatic N) is 2. The molecule has 4 atom stereocenters. The van der Waals surface area contributed by atoms with Crippen molar-refractivity contribution < 1.29 is 28.2 Å². The Labute approximate surface area is 233 Å².